The molecule has 0 aliphatic heterocycles. The maximum absolute atomic E-state index is 12.0. The van der Waals surface area contributed by atoms with Crippen LogP contribution in [0, 0.1) is 0 Å². The van der Waals surface area contributed by atoms with Crippen molar-refractivity contribution in [2.24, 2.45) is 5.73 Å². The van der Waals surface area contributed by atoms with Crippen molar-refractivity contribution < 1.29 is 4.79 Å². The second-order valence-corrected chi connectivity index (χ2v) is 5.64. The first-order valence-corrected chi connectivity index (χ1v) is 7.50. The third-order valence-electron chi connectivity index (χ3n) is 2.53. The SMILES string of the molecule is CC(NC(=O)c1csc(CCN)n1)c1ccsc1. The number of carbonyl (C=O) groups excluding carboxylic acids is 1. The molecule has 2 rings (SSSR count). The van der Waals surface area contributed by atoms with Crippen LogP contribution in [0.15, 0.2) is 22.2 Å². The van der Waals surface area contributed by atoms with Crippen LogP contribution in [-0.2, 0) is 6.42 Å². The van der Waals surface area contributed by atoms with E-state index in [4.69, 9.17) is 5.73 Å². The van der Waals surface area contributed by atoms with Crippen molar-refractivity contribution in [2.45, 2.75) is 19.4 Å². The Morgan fingerprint density at radius 1 is 1.56 bits per heavy atom. The molecule has 0 aliphatic carbocycles. The van der Waals surface area contributed by atoms with E-state index in [0.717, 1.165) is 17.0 Å². The Labute approximate surface area is 114 Å². The fourth-order valence-corrected chi connectivity index (χ4v) is 3.08. The van der Waals surface area contributed by atoms with Crippen molar-refractivity contribution in [3.8, 4) is 0 Å². The lowest BCUT2D eigenvalue weighted by atomic mass is 10.2. The lowest BCUT2D eigenvalue weighted by molar-refractivity contribution is 0.0935. The molecular formula is C12H15N3OS2. The zero-order chi connectivity index (χ0) is 13.0. The quantitative estimate of drug-likeness (QED) is 0.883. The fourth-order valence-electron chi connectivity index (χ4n) is 1.53. The van der Waals surface area contributed by atoms with Crippen molar-refractivity contribution in [1.82, 2.24) is 10.3 Å². The van der Waals surface area contributed by atoms with Gasteiger partial charge in [0.15, 0.2) is 0 Å². The van der Waals surface area contributed by atoms with Gasteiger partial charge in [0.25, 0.3) is 5.91 Å². The van der Waals surface area contributed by atoms with Crippen LogP contribution in [0.2, 0.25) is 0 Å². The summed E-state index contributed by atoms with van der Waals surface area (Å²) in [6, 6.07) is 2.01. The molecule has 0 saturated heterocycles. The molecule has 2 aromatic heterocycles. The Balaban J connectivity index is 1.98. The molecule has 96 valence electrons. The lowest BCUT2D eigenvalue weighted by Gasteiger charge is -2.11. The highest BCUT2D eigenvalue weighted by atomic mass is 32.1. The molecule has 1 amide bonds. The topological polar surface area (TPSA) is 68.0 Å². The smallest absolute Gasteiger partial charge is 0.271 e. The molecule has 0 bridgehead atoms. The Bertz CT molecular complexity index is 507. The van der Waals surface area contributed by atoms with Gasteiger partial charge < -0.3 is 11.1 Å². The van der Waals surface area contributed by atoms with Crippen LogP contribution in [0.25, 0.3) is 0 Å². The van der Waals surface area contributed by atoms with Gasteiger partial charge in [-0.3, -0.25) is 4.79 Å². The average molecular weight is 281 g/mol. The van der Waals surface area contributed by atoms with Gasteiger partial charge in [-0.25, -0.2) is 4.98 Å². The van der Waals surface area contributed by atoms with E-state index in [1.807, 2.05) is 23.8 Å². The van der Waals surface area contributed by atoms with Crippen LogP contribution >= 0.6 is 22.7 Å². The Morgan fingerprint density at radius 3 is 3.06 bits per heavy atom. The molecule has 0 spiro atoms. The van der Waals surface area contributed by atoms with E-state index in [9.17, 15) is 4.79 Å². The summed E-state index contributed by atoms with van der Waals surface area (Å²) in [7, 11) is 0. The van der Waals surface area contributed by atoms with Gasteiger partial charge in [0, 0.05) is 11.8 Å². The number of rotatable bonds is 5. The van der Waals surface area contributed by atoms with Gasteiger partial charge in [-0.15, -0.1) is 11.3 Å². The predicted molar refractivity (Wildman–Crippen MR) is 75.1 cm³/mol. The number of thiophene rings is 1. The largest absolute Gasteiger partial charge is 0.344 e. The standard InChI is InChI=1S/C12H15N3OS2/c1-8(9-3-5-17-6-9)14-12(16)10-7-18-11(15-10)2-4-13/h3,5-8H,2,4,13H2,1H3,(H,14,16). The Morgan fingerprint density at radius 2 is 2.39 bits per heavy atom. The van der Waals surface area contributed by atoms with E-state index < -0.39 is 0 Å². The van der Waals surface area contributed by atoms with Crippen LogP contribution in [0.4, 0.5) is 0 Å². The summed E-state index contributed by atoms with van der Waals surface area (Å²) < 4.78 is 0. The van der Waals surface area contributed by atoms with Crippen LogP contribution in [0.3, 0.4) is 0 Å². The van der Waals surface area contributed by atoms with Gasteiger partial charge in [0.1, 0.15) is 5.69 Å². The van der Waals surface area contributed by atoms with Crippen molar-refractivity contribution in [1.29, 1.82) is 0 Å². The van der Waals surface area contributed by atoms with Gasteiger partial charge in [-0.2, -0.15) is 11.3 Å². The van der Waals surface area contributed by atoms with Crippen LogP contribution in [-0.4, -0.2) is 17.4 Å². The van der Waals surface area contributed by atoms with Crippen molar-refractivity contribution in [3.05, 3.63) is 38.5 Å². The van der Waals surface area contributed by atoms with Crippen molar-refractivity contribution >= 4 is 28.6 Å². The van der Waals surface area contributed by atoms with Gasteiger partial charge in [-0.1, -0.05) is 0 Å². The van der Waals surface area contributed by atoms with Gasteiger partial charge >= 0.3 is 0 Å². The molecule has 2 heterocycles. The summed E-state index contributed by atoms with van der Waals surface area (Å²) in [5.41, 5.74) is 7.05. The molecule has 1 atom stereocenters. The number of hydrogen-bond acceptors (Lipinski definition) is 5. The summed E-state index contributed by atoms with van der Waals surface area (Å²) in [6.45, 7) is 2.52. The number of aromatic nitrogens is 1. The van der Waals surface area contributed by atoms with E-state index in [1.54, 1.807) is 16.7 Å². The van der Waals surface area contributed by atoms with Crippen LogP contribution < -0.4 is 11.1 Å². The fraction of sp³-hybridized carbons (Fsp3) is 0.333. The molecule has 2 aromatic rings. The van der Waals surface area contributed by atoms with Crippen molar-refractivity contribution in [3.63, 3.8) is 0 Å². The molecular weight excluding hydrogens is 266 g/mol. The third-order valence-corrected chi connectivity index (χ3v) is 4.14. The number of hydrogen-bond donors (Lipinski definition) is 2. The van der Waals surface area contributed by atoms with E-state index in [1.165, 1.54) is 11.3 Å². The lowest BCUT2D eigenvalue weighted by Crippen LogP contribution is -2.26. The minimum Gasteiger partial charge on any atom is -0.344 e. The number of nitrogens with two attached hydrogens (primary N) is 1. The summed E-state index contributed by atoms with van der Waals surface area (Å²) in [6.07, 6.45) is 0.720. The van der Waals surface area contributed by atoms with E-state index in [-0.39, 0.29) is 11.9 Å². The highest BCUT2D eigenvalue weighted by molar-refractivity contribution is 7.09. The van der Waals surface area contributed by atoms with Crippen LogP contribution in [0.1, 0.15) is 34.0 Å². The minimum absolute atomic E-state index is 0.00316. The zero-order valence-electron chi connectivity index (χ0n) is 10.1. The van der Waals surface area contributed by atoms with E-state index in [0.29, 0.717) is 12.2 Å². The monoisotopic (exact) mass is 281 g/mol. The first kappa shape index (κ1) is 13.2. The Hall–Kier alpha value is -1.24. The third kappa shape index (κ3) is 3.16. The molecule has 18 heavy (non-hydrogen) atoms. The number of carbonyl (C=O) groups is 1. The number of nitrogens with zero attached hydrogens (tertiary/aromatic N) is 1. The molecule has 6 heteroatoms. The molecule has 0 saturated carbocycles. The molecule has 0 aliphatic rings. The second kappa shape index (κ2) is 6.08. The maximum atomic E-state index is 12.0. The molecule has 0 radical (unpaired) electrons. The van der Waals surface area contributed by atoms with Gasteiger partial charge in [0.05, 0.1) is 11.0 Å². The molecule has 0 fully saturated rings. The maximum Gasteiger partial charge on any atom is 0.271 e. The normalized spacial score (nSPS) is 12.3. The minimum atomic E-state index is -0.131. The molecule has 0 aromatic carbocycles. The Kier molecular flexibility index (Phi) is 4.46. The van der Waals surface area contributed by atoms with Gasteiger partial charge in [-0.05, 0) is 35.9 Å². The molecule has 3 N–H and O–H groups in total. The van der Waals surface area contributed by atoms with Crippen molar-refractivity contribution in [2.75, 3.05) is 6.54 Å². The number of thiazole rings is 1. The first-order valence-electron chi connectivity index (χ1n) is 5.68. The highest BCUT2D eigenvalue weighted by Gasteiger charge is 2.14. The first-order chi connectivity index (χ1) is 8.70. The highest BCUT2D eigenvalue weighted by Crippen LogP contribution is 2.17. The summed E-state index contributed by atoms with van der Waals surface area (Å²) >= 11 is 3.10. The predicted octanol–water partition coefficient (Wildman–Crippen LogP) is 2.20. The summed E-state index contributed by atoms with van der Waals surface area (Å²) in [5, 5.41) is 9.66. The zero-order valence-corrected chi connectivity index (χ0v) is 11.7. The number of amides is 1. The van der Waals surface area contributed by atoms with Gasteiger partial charge in [0.2, 0.25) is 0 Å². The number of nitrogens with one attached hydrogen (secondary N) is 1. The summed E-state index contributed by atoms with van der Waals surface area (Å²) in [4.78, 5) is 16.2. The second-order valence-electron chi connectivity index (χ2n) is 3.92. The molecule has 1 unspecified atom stereocenters. The van der Waals surface area contributed by atoms with E-state index >= 15 is 0 Å². The average Bonchev–Trinajstić information content (AvgIpc) is 3.00. The van der Waals surface area contributed by atoms with E-state index in [2.05, 4.69) is 10.3 Å². The summed E-state index contributed by atoms with van der Waals surface area (Å²) in [5.74, 6) is -0.131. The van der Waals surface area contributed by atoms with Crippen LogP contribution in [0.5, 0.6) is 0 Å². The molecule has 4 nitrogen and oxygen atoms in total.